The predicted molar refractivity (Wildman–Crippen MR) is 84.2 cm³/mol. The maximum absolute atomic E-state index is 9.11. The molecule has 3 aromatic rings. The van der Waals surface area contributed by atoms with Gasteiger partial charge in [-0.15, -0.1) is 0 Å². The molecule has 0 aliphatic rings. The van der Waals surface area contributed by atoms with Gasteiger partial charge in [0.2, 0.25) is 0 Å². The second-order valence-electron chi connectivity index (χ2n) is 4.34. The number of aromatic nitrogens is 3. The summed E-state index contributed by atoms with van der Waals surface area (Å²) in [5.74, 6) is 0. The number of rotatable bonds is 3. The number of anilines is 1. The van der Waals surface area contributed by atoms with Gasteiger partial charge in [0.15, 0.2) is 5.65 Å². The summed E-state index contributed by atoms with van der Waals surface area (Å²) >= 11 is 9.31. The van der Waals surface area contributed by atoms with Crippen molar-refractivity contribution in [2.75, 3.05) is 5.32 Å². The van der Waals surface area contributed by atoms with Crippen LogP contribution < -0.4 is 5.32 Å². The topological polar surface area (TPSA) is 66.0 Å². The van der Waals surface area contributed by atoms with Gasteiger partial charge in [-0.3, -0.25) is 4.40 Å². The van der Waals surface area contributed by atoms with Crippen molar-refractivity contribution < 1.29 is 0 Å². The number of imidazole rings is 1. The highest BCUT2D eigenvalue weighted by Crippen LogP contribution is 2.21. The van der Waals surface area contributed by atoms with E-state index in [-0.39, 0.29) is 0 Å². The van der Waals surface area contributed by atoms with Gasteiger partial charge in [0, 0.05) is 11.2 Å². The Hall–Kier alpha value is -2.10. The fourth-order valence-electron chi connectivity index (χ4n) is 1.99. The molecule has 2 heterocycles. The second-order valence-corrected chi connectivity index (χ2v) is 5.59. The number of hydrogen-bond acceptors (Lipinski definition) is 4. The van der Waals surface area contributed by atoms with Crippen LogP contribution >= 0.6 is 27.5 Å². The Bertz CT molecular complexity index is 852. The molecule has 0 fully saturated rings. The van der Waals surface area contributed by atoms with Crippen LogP contribution in [-0.2, 0) is 6.54 Å². The molecule has 0 saturated heterocycles. The third-order valence-corrected chi connectivity index (χ3v) is 3.65. The zero-order valence-electron chi connectivity index (χ0n) is 10.7. The fourth-order valence-corrected chi connectivity index (χ4v) is 2.47. The molecule has 0 aliphatic carbocycles. The summed E-state index contributed by atoms with van der Waals surface area (Å²) in [6.07, 6.45) is 5.31. The first-order valence-electron chi connectivity index (χ1n) is 6.08. The highest BCUT2D eigenvalue weighted by molar-refractivity contribution is 9.10. The minimum absolute atomic E-state index is 0.520. The van der Waals surface area contributed by atoms with E-state index in [9.17, 15) is 0 Å². The van der Waals surface area contributed by atoms with Crippen molar-refractivity contribution in [2.45, 2.75) is 6.54 Å². The second kappa shape index (κ2) is 5.72. The molecule has 104 valence electrons. The zero-order valence-corrected chi connectivity index (χ0v) is 13.1. The lowest BCUT2D eigenvalue weighted by Gasteiger charge is -2.08. The third kappa shape index (κ3) is 2.84. The van der Waals surface area contributed by atoms with Crippen molar-refractivity contribution in [2.24, 2.45) is 0 Å². The van der Waals surface area contributed by atoms with Gasteiger partial charge in [-0.1, -0.05) is 11.6 Å². The van der Waals surface area contributed by atoms with E-state index in [1.165, 1.54) is 0 Å². The Balaban J connectivity index is 1.89. The molecule has 0 bridgehead atoms. The van der Waals surface area contributed by atoms with Crippen molar-refractivity contribution in [3.63, 3.8) is 0 Å². The highest BCUT2D eigenvalue weighted by Gasteiger charge is 2.07. The predicted octanol–water partition coefficient (Wildman–Crippen LogP) is 3.63. The Morgan fingerprint density at radius 3 is 3.00 bits per heavy atom. The Kier molecular flexibility index (Phi) is 3.78. The first kappa shape index (κ1) is 13.9. The highest BCUT2D eigenvalue weighted by atomic mass is 79.9. The van der Waals surface area contributed by atoms with Gasteiger partial charge in [0.25, 0.3) is 0 Å². The number of nitrogens with zero attached hydrogens (tertiary/aromatic N) is 4. The molecular formula is C14H9BrClN5. The van der Waals surface area contributed by atoms with Crippen LogP contribution in [0.2, 0.25) is 5.02 Å². The summed E-state index contributed by atoms with van der Waals surface area (Å²) in [6.45, 7) is 0.520. The van der Waals surface area contributed by atoms with E-state index >= 15 is 0 Å². The van der Waals surface area contributed by atoms with Crippen LogP contribution in [0.1, 0.15) is 11.3 Å². The lowest BCUT2D eigenvalue weighted by molar-refractivity contribution is 0.983. The van der Waals surface area contributed by atoms with Gasteiger partial charge in [-0.25, -0.2) is 9.97 Å². The summed E-state index contributed by atoms with van der Waals surface area (Å²) in [5, 5.41) is 12.9. The molecule has 7 heteroatoms. The van der Waals surface area contributed by atoms with Gasteiger partial charge in [0.1, 0.15) is 10.7 Å². The molecule has 1 N–H and O–H groups in total. The summed E-state index contributed by atoms with van der Waals surface area (Å²) < 4.78 is 2.66. The summed E-state index contributed by atoms with van der Waals surface area (Å²) in [6, 6.07) is 7.27. The maximum atomic E-state index is 9.11. The minimum atomic E-state index is 0.520. The molecule has 5 nitrogen and oxygen atoms in total. The van der Waals surface area contributed by atoms with Crippen molar-refractivity contribution in [1.82, 2.24) is 14.4 Å². The van der Waals surface area contributed by atoms with E-state index in [4.69, 9.17) is 16.9 Å². The average molecular weight is 363 g/mol. The molecule has 0 aliphatic heterocycles. The Labute approximate surface area is 134 Å². The van der Waals surface area contributed by atoms with Gasteiger partial charge in [0.05, 0.1) is 35.9 Å². The molecule has 21 heavy (non-hydrogen) atoms. The molecule has 0 saturated carbocycles. The van der Waals surface area contributed by atoms with Crippen LogP contribution in [0, 0.1) is 11.3 Å². The summed E-state index contributed by atoms with van der Waals surface area (Å²) in [5.41, 5.74) is 2.97. The number of nitriles is 1. The van der Waals surface area contributed by atoms with Crippen LogP contribution in [-0.4, -0.2) is 14.4 Å². The Morgan fingerprint density at radius 2 is 2.19 bits per heavy atom. The van der Waals surface area contributed by atoms with Crippen LogP contribution in [0.3, 0.4) is 0 Å². The molecule has 2 aromatic heterocycles. The maximum Gasteiger partial charge on any atom is 0.155 e. The van der Waals surface area contributed by atoms with E-state index in [0.29, 0.717) is 22.8 Å². The standard InChI is InChI=1S/C14H9BrClN5/c15-13-8-21-11(6-20-14(21)7-19-13)5-18-12-3-10(16)2-1-9(12)4-17/h1-3,6-8,18H,5H2. The van der Waals surface area contributed by atoms with Crippen LogP contribution in [0.25, 0.3) is 5.65 Å². The SMILES string of the molecule is N#Cc1ccc(Cl)cc1NCc1cnc2cnc(Br)cn12. The van der Waals surface area contributed by atoms with Gasteiger partial charge in [-0.05, 0) is 34.1 Å². The van der Waals surface area contributed by atoms with Crippen molar-refractivity contribution in [1.29, 1.82) is 5.26 Å². The van der Waals surface area contributed by atoms with Gasteiger partial charge in [-0.2, -0.15) is 5.26 Å². The Morgan fingerprint density at radius 1 is 1.33 bits per heavy atom. The van der Waals surface area contributed by atoms with Gasteiger partial charge >= 0.3 is 0 Å². The molecule has 0 atom stereocenters. The summed E-state index contributed by atoms with van der Waals surface area (Å²) in [4.78, 5) is 8.41. The lowest BCUT2D eigenvalue weighted by atomic mass is 10.2. The average Bonchev–Trinajstić information content (AvgIpc) is 2.87. The quantitative estimate of drug-likeness (QED) is 0.772. The minimum Gasteiger partial charge on any atom is -0.378 e. The molecule has 3 rings (SSSR count). The zero-order chi connectivity index (χ0) is 14.8. The van der Waals surface area contributed by atoms with E-state index in [1.807, 2.05) is 10.6 Å². The van der Waals surface area contributed by atoms with Crippen molar-refractivity contribution >= 4 is 38.9 Å². The molecule has 0 radical (unpaired) electrons. The smallest absolute Gasteiger partial charge is 0.155 e. The molecule has 1 aromatic carbocycles. The van der Waals surface area contributed by atoms with Crippen LogP contribution in [0.15, 0.2) is 41.4 Å². The fraction of sp³-hybridized carbons (Fsp3) is 0.0714. The van der Waals surface area contributed by atoms with E-state index in [1.54, 1.807) is 30.6 Å². The van der Waals surface area contributed by atoms with Crippen LogP contribution in [0.4, 0.5) is 5.69 Å². The first-order chi connectivity index (χ1) is 10.2. The molecule has 0 spiro atoms. The molecular weight excluding hydrogens is 354 g/mol. The molecule has 0 amide bonds. The van der Waals surface area contributed by atoms with Crippen molar-refractivity contribution in [3.8, 4) is 6.07 Å². The number of halogens is 2. The number of hydrogen-bond donors (Lipinski definition) is 1. The van der Waals surface area contributed by atoms with E-state index in [0.717, 1.165) is 15.9 Å². The van der Waals surface area contributed by atoms with E-state index in [2.05, 4.69) is 37.3 Å². The number of benzene rings is 1. The summed E-state index contributed by atoms with van der Waals surface area (Å²) in [7, 11) is 0. The number of fused-ring (bicyclic) bond motifs is 1. The van der Waals surface area contributed by atoms with Crippen LogP contribution in [0.5, 0.6) is 0 Å². The first-order valence-corrected chi connectivity index (χ1v) is 7.25. The largest absolute Gasteiger partial charge is 0.378 e. The monoisotopic (exact) mass is 361 g/mol. The van der Waals surface area contributed by atoms with Crippen molar-refractivity contribution in [3.05, 3.63) is 57.7 Å². The normalized spacial score (nSPS) is 10.5. The third-order valence-electron chi connectivity index (χ3n) is 3.00. The molecule has 0 unspecified atom stereocenters. The van der Waals surface area contributed by atoms with E-state index < -0.39 is 0 Å². The lowest BCUT2D eigenvalue weighted by Crippen LogP contribution is -2.04. The number of nitrogens with one attached hydrogen (secondary N) is 1. The van der Waals surface area contributed by atoms with Gasteiger partial charge < -0.3 is 5.32 Å².